The van der Waals surface area contributed by atoms with Crippen LogP contribution in [0.2, 0.25) is 5.02 Å². The van der Waals surface area contributed by atoms with Crippen LogP contribution in [0.25, 0.3) is 11.1 Å². The molecule has 0 bridgehead atoms. The third-order valence-electron chi connectivity index (χ3n) is 6.11. The van der Waals surface area contributed by atoms with Crippen LogP contribution < -0.4 is 4.90 Å². The number of aliphatic hydroxyl groups is 1. The van der Waals surface area contributed by atoms with E-state index < -0.39 is 16.7 Å². The Balaban J connectivity index is 1.71. The predicted octanol–water partition coefficient (Wildman–Crippen LogP) is 4.72. The molecule has 2 unspecified atom stereocenters. The maximum absolute atomic E-state index is 14.7. The number of hydrogen-bond acceptors (Lipinski definition) is 3. The van der Waals surface area contributed by atoms with E-state index >= 15 is 0 Å². The number of carbonyl (C=O) groups excluding carboxylic acids is 1. The van der Waals surface area contributed by atoms with Crippen LogP contribution in [0, 0.1) is 5.41 Å². The molecule has 4 rings (SSSR count). The van der Waals surface area contributed by atoms with Crippen LogP contribution in [0.3, 0.4) is 0 Å². The highest BCUT2D eigenvalue weighted by Crippen LogP contribution is 2.58. The molecule has 31 heavy (non-hydrogen) atoms. The monoisotopic (exact) mass is 466 g/mol. The minimum Gasteiger partial charge on any atom is -0.374 e. The van der Waals surface area contributed by atoms with Crippen LogP contribution >= 0.6 is 20.8 Å². The van der Waals surface area contributed by atoms with E-state index in [1.165, 1.54) is 15.3 Å². The second kappa shape index (κ2) is 7.40. The molecule has 8 heteroatoms. The van der Waals surface area contributed by atoms with Gasteiger partial charge in [0.1, 0.15) is 0 Å². The van der Waals surface area contributed by atoms with Crippen molar-refractivity contribution in [3.05, 3.63) is 52.5 Å². The van der Waals surface area contributed by atoms with E-state index in [2.05, 4.69) is 0 Å². The number of piperazine rings is 1. The summed E-state index contributed by atoms with van der Waals surface area (Å²) < 4.78 is 29.5. The summed E-state index contributed by atoms with van der Waals surface area (Å²) in [5.41, 5.74) is -4.58. The third kappa shape index (κ3) is 3.53. The number of halogens is 3. The van der Waals surface area contributed by atoms with E-state index in [9.17, 15) is 18.7 Å². The second-order valence-electron chi connectivity index (χ2n) is 9.26. The highest BCUT2D eigenvalue weighted by atomic mass is 35.5. The molecule has 4 nitrogen and oxygen atoms in total. The Morgan fingerprint density at radius 1 is 1.10 bits per heavy atom. The fraction of sp³-hybridized carbons (Fsp3) is 0.435. The lowest BCUT2D eigenvalue weighted by molar-refractivity contribution is -0.139. The van der Waals surface area contributed by atoms with Gasteiger partial charge in [0, 0.05) is 54.0 Å². The molecule has 1 amide bonds. The Kier molecular flexibility index (Phi) is 5.36. The first-order valence-electron chi connectivity index (χ1n) is 10.2. The number of alkyl halides is 2. The normalized spacial score (nSPS) is 21.2. The van der Waals surface area contributed by atoms with Gasteiger partial charge in [-0.05, 0) is 17.7 Å². The van der Waals surface area contributed by atoms with E-state index in [-0.39, 0.29) is 17.0 Å². The number of carbonyl (C=O) groups is 1. The summed E-state index contributed by atoms with van der Waals surface area (Å²) in [6.45, 7) is 7.86. The third-order valence-corrected chi connectivity index (χ3v) is 6.82. The Bertz CT molecular complexity index is 1040. The molecule has 1 aliphatic heterocycles. The van der Waals surface area contributed by atoms with Gasteiger partial charge in [-0.3, -0.25) is 4.79 Å². The lowest BCUT2D eigenvalue weighted by Crippen LogP contribution is -2.51. The van der Waals surface area contributed by atoms with Gasteiger partial charge >= 0.3 is 0 Å². The van der Waals surface area contributed by atoms with E-state index in [4.69, 9.17) is 11.6 Å². The van der Waals surface area contributed by atoms with Gasteiger partial charge in [0.2, 0.25) is 5.91 Å². The molecule has 1 aliphatic carbocycles. The van der Waals surface area contributed by atoms with Crippen molar-refractivity contribution in [2.75, 3.05) is 31.1 Å². The quantitative estimate of drug-likeness (QED) is 0.651. The first-order chi connectivity index (χ1) is 14.4. The SMILES string of the molecule is CC(C)(C)C(=O)N1CCN(c2cc(Cl)c3c(c2)C(O)(C(F)(F)P)c2ccccc2-3)CC1. The lowest BCUT2D eigenvalue weighted by Gasteiger charge is -2.39. The summed E-state index contributed by atoms with van der Waals surface area (Å²) in [6.07, 6.45) is 0. The molecule has 0 saturated carbocycles. The molecule has 0 spiro atoms. The van der Waals surface area contributed by atoms with Gasteiger partial charge in [-0.2, -0.15) is 8.78 Å². The molecule has 1 N–H and O–H groups in total. The number of benzene rings is 2. The van der Waals surface area contributed by atoms with Crippen LogP contribution in [-0.4, -0.2) is 47.8 Å². The van der Waals surface area contributed by atoms with Crippen molar-refractivity contribution >= 4 is 32.4 Å². The highest BCUT2D eigenvalue weighted by Gasteiger charge is 2.57. The zero-order valence-corrected chi connectivity index (χ0v) is 19.7. The fourth-order valence-electron chi connectivity index (χ4n) is 4.50. The summed E-state index contributed by atoms with van der Waals surface area (Å²) in [5, 5.41) is 11.6. The van der Waals surface area contributed by atoms with Crippen molar-refractivity contribution < 1.29 is 18.7 Å². The largest absolute Gasteiger partial charge is 0.374 e. The molecule has 166 valence electrons. The number of hydrogen-bond donors (Lipinski definition) is 1. The number of nitrogens with zero attached hydrogens (tertiary/aromatic N) is 2. The Morgan fingerprint density at radius 3 is 2.29 bits per heavy atom. The standard InChI is InChI=1S/C23H26ClF2N2O2P/c1-21(2,3)20(29)28-10-8-27(9-11-28)14-12-17-19(18(24)13-14)15-6-4-5-7-16(15)22(17,30)23(25,26)31/h4-7,12-13,30H,8-11,31H2,1-3H3. The summed E-state index contributed by atoms with van der Waals surface area (Å²) in [6, 6.07) is 9.95. The number of rotatable bonds is 2. The zero-order chi connectivity index (χ0) is 22.8. The first kappa shape index (κ1) is 22.4. The lowest BCUT2D eigenvalue weighted by atomic mass is 9.91. The summed E-state index contributed by atoms with van der Waals surface area (Å²) in [5.74, 6) is 0.0895. The van der Waals surface area contributed by atoms with Crippen molar-refractivity contribution in [3.8, 4) is 11.1 Å². The summed E-state index contributed by atoms with van der Waals surface area (Å²) in [4.78, 5) is 16.4. The van der Waals surface area contributed by atoms with Crippen molar-refractivity contribution in [2.24, 2.45) is 5.41 Å². The second-order valence-corrected chi connectivity index (χ2v) is 10.4. The molecule has 1 heterocycles. The average Bonchev–Trinajstić information content (AvgIpc) is 2.97. The van der Waals surface area contributed by atoms with Crippen molar-refractivity contribution in [2.45, 2.75) is 32.0 Å². The molecule has 0 radical (unpaired) electrons. The van der Waals surface area contributed by atoms with Gasteiger partial charge in [-0.15, -0.1) is 0 Å². The highest BCUT2D eigenvalue weighted by molar-refractivity contribution is 7.18. The summed E-state index contributed by atoms with van der Waals surface area (Å²) in [7, 11) is 1.48. The minimum atomic E-state index is -3.49. The van der Waals surface area contributed by atoms with Crippen molar-refractivity contribution in [3.63, 3.8) is 0 Å². The molecular formula is C23H26ClF2N2O2P. The van der Waals surface area contributed by atoms with Gasteiger partial charge in [0.25, 0.3) is 5.66 Å². The van der Waals surface area contributed by atoms with Crippen LogP contribution in [0.5, 0.6) is 0 Å². The zero-order valence-electron chi connectivity index (χ0n) is 17.8. The topological polar surface area (TPSA) is 43.8 Å². The fourth-order valence-corrected chi connectivity index (χ4v) is 5.12. The van der Waals surface area contributed by atoms with Crippen molar-refractivity contribution in [1.29, 1.82) is 0 Å². The van der Waals surface area contributed by atoms with Crippen molar-refractivity contribution in [1.82, 2.24) is 4.90 Å². The van der Waals surface area contributed by atoms with E-state index in [1.807, 2.05) is 30.6 Å². The van der Waals surface area contributed by atoms with Crippen LogP contribution in [0.1, 0.15) is 31.9 Å². The van der Waals surface area contributed by atoms with E-state index in [0.29, 0.717) is 48.0 Å². The molecule has 1 saturated heterocycles. The first-order valence-corrected chi connectivity index (χ1v) is 11.2. The number of fused-ring (bicyclic) bond motifs is 3. The van der Waals surface area contributed by atoms with Crippen LogP contribution in [0.4, 0.5) is 14.5 Å². The van der Waals surface area contributed by atoms with E-state index in [0.717, 1.165) is 0 Å². The summed E-state index contributed by atoms with van der Waals surface area (Å²) >= 11 is 6.58. The maximum atomic E-state index is 14.7. The van der Waals surface area contributed by atoms with Crippen LogP contribution in [0.15, 0.2) is 36.4 Å². The molecule has 2 aliphatic rings. The van der Waals surface area contributed by atoms with Gasteiger partial charge in [0.05, 0.1) is 5.02 Å². The average molecular weight is 467 g/mol. The molecule has 2 atom stereocenters. The van der Waals surface area contributed by atoms with Gasteiger partial charge in [-0.25, -0.2) is 0 Å². The molecule has 2 aromatic carbocycles. The van der Waals surface area contributed by atoms with Gasteiger partial charge in [-0.1, -0.05) is 65.9 Å². The van der Waals surface area contributed by atoms with Gasteiger partial charge < -0.3 is 14.9 Å². The minimum absolute atomic E-state index is 0.0895. The predicted molar refractivity (Wildman–Crippen MR) is 123 cm³/mol. The maximum Gasteiger partial charge on any atom is 0.295 e. The number of anilines is 1. The molecule has 2 aromatic rings. The van der Waals surface area contributed by atoms with Gasteiger partial charge in [0.15, 0.2) is 5.60 Å². The molecular weight excluding hydrogens is 441 g/mol. The number of amides is 1. The Morgan fingerprint density at radius 2 is 1.71 bits per heavy atom. The Labute approximate surface area is 188 Å². The van der Waals surface area contributed by atoms with Crippen LogP contribution in [-0.2, 0) is 10.4 Å². The smallest absolute Gasteiger partial charge is 0.295 e. The molecule has 0 aromatic heterocycles. The molecule has 1 fully saturated rings. The van der Waals surface area contributed by atoms with E-state index in [1.54, 1.807) is 30.3 Å². The Hall–Kier alpha value is -1.75.